The standard InChI is InChI=1S/C39H62N6O7.C3H8.C2H6/c1-10-15-24(29(46)34(50)40-23-17-18-23)41-33(49)25-16-14-21-45(25)35(51)32(39(8)19-12-11-13-20-39)43-36(52)42-26(37(2,3)4)22-44(9)28-27(38(5,6)7)30(47)31(28)48;1-3-2;1-2/h23-26,32H,10-22H2,1-9H3,(H,40,50)(H,41,49)(H2,42,43,52);3H2,1-2H3;1-2H3/t24?,25-,26?,32?;;/m0../s1. The molecule has 1 aromatic rings. The van der Waals surface area contributed by atoms with Crippen molar-refractivity contribution in [3.63, 3.8) is 0 Å². The van der Waals surface area contributed by atoms with Gasteiger partial charge in [0.2, 0.25) is 28.5 Å². The molecule has 4 atom stereocenters. The number of amides is 5. The Bertz CT molecular complexity index is 1590. The van der Waals surface area contributed by atoms with E-state index in [1.54, 1.807) is 11.9 Å². The number of hydrogen-bond donors (Lipinski definition) is 4. The number of nitrogens with zero attached hydrogens (tertiary/aromatic N) is 2. The van der Waals surface area contributed by atoms with E-state index in [2.05, 4.69) is 35.1 Å². The summed E-state index contributed by atoms with van der Waals surface area (Å²) in [6, 6.07) is -3.74. The first-order valence-electron chi connectivity index (χ1n) is 21.7. The Morgan fingerprint density at radius 3 is 1.93 bits per heavy atom. The predicted octanol–water partition coefficient (Wildman–Crippen LogP) is 5.64. The van der Waals surface area contributed by atoms with Gasteiger partial charge >= 0.3 is 6.03 Å². The second-order valence-electron chi connectivity index (χ2n) is 18.6. The number of carbonyl (C=O) groups excluding carboxylic acids is 5. The van der Waals surface area contributed by atoms with Crippen LogP contribution in [0.2, 0.25) is 0 Å². The van der Waals surface area contributed by atoms with Gasteiger partial charge in [0.15, 0.2) is 0 Å². The minimum absolute atomic E-state index is 0.0103. The summed E-state index contributed by atoms with van der Waals surface area (Å²) >= 11 is 0. The molecule has 0 bridgehead atoms. The zero-order valence-electron chi connectivity index (χ0n) is 37.5. The summed E-state index contributed by atoms with van der Waals surface area (Å²) in [6.45, 7) is 24.3. The summed E-state index contributed by atoms with van der Waals surface area (Å²) in [7, 11) is 1.75. The minimum atomic E-state index is -0.986. The average molecular weight is 801 g/mol. The summed E-state index contributed by atoms with van der Waals surface area (Å²) in [5.41, 5.74) is -1.70. The van der Waals surface area contributed by atoms with Gasteiger partial charge in [0.05, 0.1) is 17.8 Å². The molecule has 2 saturated carbocycles. The number of hydrogen-bond acceptors (Lipinski definition) is 8. The van der Waals surface area contributed by atoms with Crippen LogP contribution in [0.4, 0.5) is 10.5 Å². The van der Waals surface area contributed by atoms with Crippen LogP contribution in [0, 0.1) is 10.8 Å². The largest absolute Gasteiger partial charge is 0.369 e. The molecule has 1 heterocycles. The van der Waals surface area contributed by atoms with Crippen molar-refractivity contribution in [2.75, 3.05) is 25.0 Å². The van der Waals surface area contributed by atoms with Gasteiger partial charge in [-0.15, -0.1) is 0 Å². The Balaban J connectivity index is 0.00000214. The van der Waals surface area contributed by atoms with Gasteiger partial charge < -0.3 is 31.1 Å². The van der Waals surface area contributed by atoms with E-state index in [-0.39, 0.29) is 18.5 Å². The molecular formula is C44H76N6O7. The monoisotopic (exact) mass is 801 g/mol. The molecule has 0 spiro atoms. The van der Waals surface area contributed by atoms with Crippen molar-refractivity contribution < 1.29 is 24.0 Å². The third-order valence-electron chi connectivity index (χ3n) is 11.2. The van der Waals surface area contributed by atoms with E-state index >= 15 is 0 Å². The maximum Gasteiger partial charge on any atom is 0.315 e. The topological polar surface area (TPSA) is 174 Å². The molecule has 3 unspecified atom stereocenters. The second kappa shape index (κ2) is 21.3. The van der Waals surface area contributed by atoms with Crippen LogP contribution in [0.1, 0.15) is 166 Å². The third-order valence-corrected chi connectivity index (χ3v) is 11.2. The van der Waals surface area contributed by atoms with E-state index in [9.17, 15) is 33.6 Å². The number of carbonyl (C=O) groups is 5. The summed E-state index contributed by atoms with van der Waals surface area (Å²) in [5.74, 6) is -2.19. The highest BCUT2D eigenvalue weighted by Gasteiger charge is 2.47. The molecule has 1 aliphatic heterocycles. The second-order valence-corrected chi connectivity index (χ2v) is 18.6. The highest BCUT2D eigenvalue weighted by Crippen LogP contribution is 2.40. The van der Waals surface area contributed by atoms with Gasteiger partial charge in [-0.05, 0) is 61.2 Å². The normalized spacial score (nSPS) is 19.4. The van der Waals surface area contributed by atoms with Crippen molar-refractivity contribution in [1.82, 2.24) is 26.2 Å². The summed E-state index contributed by atoms with van der Waals surface area (Å²) in [5, 5.41) is 11.6. The van der Waals surface area contributed by atoms with Gasteiger partial charge in [-0.25, -0.2) is 4.79 Å². The van der Waals surface area contributed by atoms with Crippen molar-refractivity contribution in [1.29, 1.82) is 0 Å². The van der Waals surface area contributed by atoms with E-state index in [1.807, 2.05) is 69.2 Å². The zero-order valence-corrected chi connectivity index (χ0v) is 37.5. The highest BCUT2D eigenvalue weighted by molar-refractivity contribution is 6.38. The summed E-state index contributed by atoms with van der Waals surface area (Å²) in [6.07, 6.45) is 9.09. The lowest BCUT2D eigenvalue weighted by Gasteiger charge is -2.43. The molecule has 0 aromatic heterocycles. The van der Waals surface area contributed by atoms with Gasteiger partial charge in [0.1, 0.15) is 12.1 Å². The van der Waals surface area contributed by atoms with Crippen molar-refractivity contribution in [2.45, 2.75) is 196 Å². The average Bonchev–Trinajstić information content (AvgIpc) is 3.81. The predicted molar refractivity (Wildman–Crippen MR) is 228 cm³/mol. The highest BCUT2D eigenvalue weighted by atomic mass is 16.2. The first-order chi connectivity index (χ1) is 26.6. The molecule has 4 rings (SSSR count). The van der Waals surface area contributed by atoms with Gasteiger partial charge in [0, 0.05) is 31.7 Å². The number of ketones is 1. The van der Waals surface area contributed by atoms with Crippen molar-refractivity contribution in [2.24, 2.45) is 10.8 Å². The molecular weight excluding hydrogens is 725 g/mol. The Morgan fingerprint density at radius 2 is 1.42 bits per heavy atom. The Kier molecular flexibility index (Phi) is 18.4. The number of likely N-dealkylation sites (N-methyl/N-ethyl adjacent to an activating group) is 1. The molecule has 5 amide bonds. The molecule has 13 nitrogen and oxygen atoms in total. The maximum absolute atomic E-state index is 14.6. The lowest BCUT2D eigenvalue weighted by Crippen LogP contribution is -2.63. The smallest absolute Gasteiger partial charge is 0.315 e. The fourth-order valence-corrected chi connectivity index (χ4v) is 7.79. The van der Waals surface area contributed by atoms with E-state index in [0.717, 1.165) is 44.9 Å². The molecule has 57 heavy (non-hydrogen) atoms. The van der Waals surface area contributed by atoms with Crippen LogP contribution in [0.25, 0.3) is 0 Å². The van der Waals surface area contributed by atoms with Crippen LogP contribution in [-0.4, -0.2) is 84.8 Å². The number of urea groups is 1. The molecule has 4 N–H and O–H groups in total. The van der Waals surface area contributed by atoms with Crippen molar-refractivity contribution in [3.05, 3.63) is 26.0 Å². The Hall–Kier alpha value is -3.77. The number of Topliss-reactive ketones (excluding diaryl/α,β-unsaturated/α-hetero) is 1. The fourth-order valence-electron chi connectivity index (χ4n) is 7.79. The van der Waals surface area contributed by atoms with Crippen LogP contribution >= 0.6 is 0 Å². The Labute approximate surface area is 342 Å². The van der Waals surface area contributed by atoms with Crippen LogP contribution in [0.15, 0.2) is 9.59 Å². The molecule has 0 radical (unpaired) electrons. The lowest BCUT2D eigenvalue weighted by atomic mass is 9.70. The number of nitrogens with one attached hydrogen (secondary N) is 4. The van der Waals surface area contributed by atoms with Gasteiger partial charge in [-0.2, -0.15) is 0 Å². The van der Waals surface area contributed by atoms with Crippen LogP contribution < -0.4 is 37.0 Å². The quantitative estimate of drug-likeness (QED) is 0.175. The molecule has 1 saturated heterocycles. The fraction of sp³-hybridized carbons (Fsp3) is 0.795. The van der Waals surface area contributed by atoms with Gasteiger partial charge in [-0.1, -0.05) is 115 Å². The summed E-state index contributed by atoms with van der Waals surface area (Å²) in [4.78, 5) is 96.3. The third kappa shape index (κ3) is 13.1. The molecule has 3 aliphatic rings. The molecule has 2 aliphatic carbocycles. The lowest BCUT2D eigenvalue weighted by molar-refractivity contribution is -0.144. The van der Waals surface area contributed by atoms with Gasteiger partial charge in [0.25, 0.3) is 5.91 Å². The van der Waals surface area contributed by atoms with Crippen LogP contribution in [-0.2, 0) is 24.6 Å². The maximum atomic E-state index is 14.6. The molecule has 324 valence electrons. The molecule has 13 heteroatoms. The zero-order chi connectivity index (χ0) is 43.5. The van der Waals surface area contributed by atoms with E-state index < -0.39 is 74.9 Å². The molecule has 1 aromatic carbocycles. The Morgan fingerprint density at radius 1 is 0.842 bits per heavy atom. The van der Waals surface area contributed by atoms with E-state index in [0.29, 0.717) is 43.5 Å². The first-order valence-corrected chi connectivity index (χ1v) is 21.7. The number of anilines is 1. The number of likely N-dealkylation sites (tertiary alicyclic amines) is 1. The van der Waals surface area contributed by atoms with Crippen molar-refractivity contribution in [3.8, 4) is 0 Å². The van der Waals surface area contributed by atoms with Gasteiger partial charge in [-0.3, -0.25) is 28.8 Å². The van der Waals surface area contributed by atoms with E-state index in [1.165, 1.54) is 11.3 Å². The molecule has 3 fully saturated rings. The van der Waals surface area contributed by atoms with Crippen LogP contribution in [0.3, 0.4) is 0 Å². The number of rotatable bonds is 14. The minimum Gasteiger partial charge on any atom is -0.369 e. The SMILES string of the molecule is CC.CCC.CCCC(NC(=O)[C@@H]1CCCN1C(=O)C(NC(=O)NC(CN(C)c1c(C(C)(C)C)c(=O)c1=O)C(C)(C)C)C1(C)CCCCC1)C(=O)C(=O)NC1CC1. The van der Waals surface area contributed by atoms with Crippen molar-refractivity contribution >= 4 is 35.2 Å². The van der Waals surface area contributed by atoms with E-state index in [4.69, 9.17) is 0 Å². The summed E-state index contributed by atoms with van der Waals surface area (Å²) < 4.78 is 0. The van der Waals surface area contributed by atoms with Crippen LogP contribution in [0.5, 0.6) is 0 Å². The first kappa shape index (κ1) is 49.4.